The first kappa shape index (κ1) is 15.5. The van der Waals surface area contributed by atoms with Gasteiger partial charge in [0, 0.05) is 24.5 Å². The van der Waals surface area contributed by atoms with Crippen molar-refractivity contribution in [1.82, 2.24) is 25.4 Å². The van der Waals surface area contributed by atoms with Gasteiger partial charge < -0.3 is 10.6 Å². The normalized spacial score (nSPS) is 15.3. The number of hydrogen-bond donors (Lipinski definition) is 2. The van der Waals surface area contributed by atoms with Crippen molar-refractivity contribution in [3.8, 4) is 5.82 Å². The molecule has 2 amide bonds. The van der Waals surface area contributed by atoms with Crippen molar-refractivity contribution in [3.63, 3.8) is 0 Å². The van der Waals surface area contributed by atoms with Crippen molar-refractivity contribution in [3.05, 3.63) is 41.3 Å². The number of carbonyl (C=O) groups is 1. The first-order valence-electron chi connectivity index (χ1n) is 8.06. The Balaban J connectivity index is 1.55. The Morgan fingerprint density at radius 3 is 2.74 bits per heavy atom. The Morgan fingerprint density at radius 1 is 1.39 bits per heavy atom. The summed E-state index contributed by atoms with van der Waals surface area (Å²) in [6, 6.07) is 6.03. The standard InChI is InChI=1S/C17H23N5O/c1-11-8-12(2)22(21-11)16-7-4-14(9-18-16)10-19-17(23)20-13(3)15-5-6-15/h4,7-9,13,15H,5-6,10H2,1-3H3,(H2,19,20,23). The molecule has 0 saturated heterocycles. The lowest BCUT2D eigenvalue weighted by molar-refractivity contribution is 0.236. The monoisotopic (exact) mass is 313 g/mol. The zero-order valence-electron chi connectivity index (χ0n) is 13.8. The maximum atomic E-state index is 11.8. The maximum absolute atomic E-state index is 11.8. The summed E-state index contributed by atoms with van der Waals surface area (Å²) >= 11 is 0. The van der Waals surface area contributed by atoms with Gasteiger partial charge in [0.1, 0.15) is 0 Å². The van der Waals surface area contributed by atoms with Crippen molar-refractivity contribution in [2.75, 3.05) is 0 Å². The van der Waals surface area contributed by atoms with Crippen LogP contribution in [0, 0.1) is 19.8 Å². The lowest BCUT2D eigenvalue weighted by Crippen LogP contribution is -2.41. The Hall–Kier alpha value is -2.37. The molecule has 2 N–H and O–H groups in total. The smallest absolute Gasteiger partial charge is 0.315 e. The van der Waals surface area contributed by atoms with E-state index < -0.39 is 0 Å². The number of hydrogen-bond acceptors (Lipinski definition) is 3. The molecule has 0 spiro atoms. The van der Waals surface area contributed by atoms with E-state index >= 15 is 0 Å². The van der Waals surface area contributed by atoms with Gasteiger partial charge in [-0.3, -0.25) is 0 Å². The summed E-state index contributed by atoms with van der Waals surface area (Å²) in [6.07, 6.45) is 4.22. The van der Waals surface area contributed by atoms with Gasteiger partial charge in [0.05, 0.1) is 5.69 Å². The molecule has 122 valence electrons. The van der Waals surface area contributed by atoms with E-state index in [4.69, 9.17) is 0 Å². The minimum atomic E-state index is -0.118. The number of nitrogens with one attached hydrogen (secondary N) is 2. The summed E-state index contributed by atoms with van der Waals surface area (Å²) in [6.45, 7) is 6.49. The summed E-state index contributed by atoms with van der Waals surface area (Å²) in [5, 5.41) is 10.3. The number of aryl methyl sites for hydroxylation is 2. The highest BCUT2D eigenvalue weighted by atomic mass is 16.2. The molecule has 1 atom stereocenters. The van der Waals surface area contributed by atoms with Crippen molar-refractivity contribution in [1.29, 1.82) is 0 Å². The molecule has 2 heterocycles. The van der Waals surface area contributed by atoms with Gasteiger partial charge in [0.25, 0.3) is 0 Å². The van der Waals surface area contributed by atoms with Crippen LogP contribution in [-0.2, 0) is 6.54 Å². The van der Waals surface area contributed by atoms with Gasteiger partial charge in [-0.25, -0.2) is 14.5 Å². The highest BCUT2D eigenvalue weighted by Crippen LogP contribution is 2.32. The number of urea groups is 1. The average molecular weight is 313 g/mol. The molecule has 0 aromatic carbocycles. The number of rotatable bonds is 5. The molecule has 0 aliphatic heterocycles. The Bertz CT molecular complexity index is 688. The zero-order chi connectivity index (χ0) is 16.4. The van der Waals surface area contributed by atoms with E-state index in [9.17, 15) is 4.79 Å². The number of carbonyl (C=O) groups excluding carboxylic acids is 1. The van der Waals surface area contributed by atoms with Crippen molar-refractivity contribution in [2.24, 2.45) is 5.92 Å². The highest BCUT2D eigenvalue weighted by molar-refractivity contribution is 5.74. The quantitative estimate of drug-likeness (QED) is 0.891. The van der Waals surface area contributed by atoms with Gasteiger partial charge in [-0.1, -0.05) is 6.07 Å². The van der Waals surface area contributed by atoms with Crippen molar-refractivity contribution >= 4 is 6.03 Å². The van der Waals surface area contributed by atoms with Crippen LogP contribution in [0.3, 0.4) is 0 Å². The second-order valence-electron chi connectivity index (χ2n) is 6.32. The fraction of sp³-hybridized carbons (Fsp3) is 0.471. The molecular formula is C17H23N5O. The van der Waals surface area contributed by atoms with Crippen LogP contribution < -0.4 is 10.6 Å². The van der Waals surface area contributed by atoms with Crippen LogP contribution in [-0.4, -0.2) is 26.8 Å². The van der Waals surface area contributed by atoms with Gasteiger partial charge in [0.2, 0.25) is 0 Å². The van der Waals surface area contributed by atoms with Gasteiger partial charge >= 0.3 is 6.03 Å². The van der Waals surface area contributed by atoms with Crippen LogP contribution in [0.4, 0.5) is 4.79 Å². The van der Waals surface area contributed by atoms with Crippen LogP contribution in [0.5, 0.6) is 0 Å². The second-order valence-corrected chi connectivity index (χ2v) is 6.32. The summed E-state index contributed by atoms with van der Waals surface area (Å²) in [7, 11) is 0. The largest absolute Gasteiger partial charge is 0.335 e. The zero-order valence-corrected chi connectivity index (χ0v) is 13.8. The molecule has 1 unspecified atom stereocenters. The van der Waals surface area contributed by atoms with E-state index in [-0.39, 0.29) is 12.1 Å². The number of aromatic nitrogens is 3. The molecule has 1 aliphatic carbocycles. The lowest BCUT2D eigenvalue weighted by Gasteiger charge is -2.13. The Kier molecular flexibility index (Phi) is 4.32. The van der Waals surface area contributed by atoms with E-state index in [1.54, 1.807) is 6.20 Å². The molecule has 0 radical (unpaired) electrons. The van der Waals surface area contributed by atoms with E-state index in [1.807, 2.05) is 36.7 Å². The van der Waals surface area contributed by atoms with Crippen LogP contribution in [0.25, 0.3) is 5.82 Å². The third-order valence-electron chi connectivity index (χ3n) is 4.18. The van der Waals surface area contributed by atoms with Crippen LogP contribution in [0.1, 0.15) is 36.7 Å². The third-order valence-corrected chi connectivity index (χ3v) is 4.18. The fourth-order valence-electron chi connectivity index (χ4n) is 2.66. The number of amides is 2. The van der Waals surface area contributed by atoms with Crippen LogP contribution in [0.15, 0.2) is 24.4 Å². The topological polar surface area (TPSA) is 71.8 Å². The van der Waals surface area contributed by atoms with Gasteiger partial charge in [-0.15, -0.1) is 0 Å². The maximum Gasteiger partial charge on any atom is 0.315 e. The highest BCUT2D eigenvalue weighted by Gasteiger charge is 2.28. The van der Waals surface area contributed by atoms with Crippen LogP contribution >= 0.6 is 0 Å². The molecule has 0 bridgehead atoms. The fourth-order valence-corrected chi connectivity index (χ4v) is 2.66. The molecule has 2 aromatic rings. The Morgan fingerprint density at radius 2 is 2.17 bits per heavy atom. The summed E-state index contributed by atoms with van der Waals surface area (Å²) < 4.78 is 1.82. The predicted molar refractivity (Wildman–Crippen MR) is 88.4 cm³/mol. The molecule has 1 saturated carbocycles. The van der Waals surface area contributed by atoms with Gasteiger partial charge in [-0.2, -0.15) is 5.10 Å². The van der Waals surface area contributed by atoms with Gasteiger partial charge in [-0.05, 0) is 57.2 Å². The second kappa shape index (κ2) is 6.40. The van der Waals surface area contributed by atoms with Gasteiger partial charge in [0.15, 0.2) is 5.82 Å². The van der Waals surface area contributed by atoms with E-state index in [2.05, 4.69) is 27.6 Å². The minimum absolute atomic E-state index is 0.118. The summed E-state index contributed by atoms with van der Waals surface area (Å²) in [5.74, 6) is 1.44. The van der Waals surface area contributed by atoms with Crippen LogP contribution in [0.2, 0.25) is 0 Å². The third kappa shape index (κ3) is 3.88. The molecule has 1 aliphatic rings. The summed E-state index contributed by atoms with van der Waals surface area (Å²) in [4.78, 5) is 16.3. The predicted octanol–water partition coefficient (Wildman–Crippen LogP) is 2.48. The van der Waals surface area contributed by atoms with E-state index in [1.165, 1.54) is 12.8 Å². The average Bonchev–Trinajstić information content (AvgIpc) is 3.31. The molecule has 2 aromatic heterocycles. The number of nitrogens with zero attached hydrogens (tertiary/aromatic N) is 3. The molecule has 23 heavy (non-hydrogen) atoms. The first-order valence-corrected chi connectivity index (χ1v) is 8.06. The molecule has 1 fully saturated rings. The Labute approximate surface area is 136 Å². The van der Waals surface area contributed by atoms with E-state index in [0.29, 0.717) is 12.5 Å². The van der Waals surface area contributed by atoms with Crippen molar-refractivity contribution in [2.45, 2.75) is 46.2 Å². The van der Waals surface area contributed by atoms with Crippen molar-refractivity contribution < 1.29 is 4.79 Å². The SMILES string of the molecule is Cc1cc(C)n(-c2ccc(CNC(=O)NC(C)C3CC3)cn2)n1. The van der Waals surface area contributed by atoms with E-state index in [0.717, 1.165) is 22.8 Å². The first-order chi connectivity index (χ1) is 11.0. The minimum Gasteiger partial charge on any atom is -0.335 e. The molecule has 6 nitrogen and oxygen atoms in total. The summed E-state index contributed by atoms with van der Waals surface area (Å²) in [5.41, 5.74) is 2.98. The lowest BCUT2D eigenvalue weighted by atomic mass is 10.2. The number of pyridine rings is 1. The molecular weight excluding hydrogens is 290 g/mol. The molecule has 6 heteroatoms. The molecule has 3 rings (SSSR count).